The van der Waals surface area contributed by atoms with Crippen LogP contribution in [0.5, 0.6) is 5.88 Å². The number of aryl methyl sites for hydroxylation is 1. The molecule has 0 bridgehead atoms. The maximum atomic E-state index is 12.0. The minimum absolute atomic E-state index is 0.0690. The molecule has 3 N–H and O–H groups in total. The highest BCUT2D eigenvalue weighted by Crippen LogP contribution is 2.14. The molecule has 2 rings (SSSR count). The molecule has 7 heteroatoms. The number of hydrogen-bond donors (Lipinski definition) is 3. The van der Waals surface area contributed by atoms with Gasteiger partial charge < -0.3 is 15.2 Å². The van der Waals surface area contributed by atoms with Crippen LogP contribution in [0.3, 0.4) is 0 Å². The van der Waals surface area contributed by atoms with Crippen molar-refractivity contribution in [3.8, 4) is 5.88 Å². The molecule has 0 atom stereocenters. The zero-order valence-electron chi connectivity index (χ0n) is 11.1. The van der Waals surface area contributed by atoms with Crippen LogP contribution < -0.4 is 10.1 Å². The number of carbonyl (C=O) groups is 1. The highest BCUT2D eigenvalue weighted by molar-refractivity contribution is 6.04. The molecule has 20 heavy (non-hydrogen) atoms. The summed E-state index contributed by atoms with van der Waals surface area (Å²) in [5, 5.41) is 18.0. The van der Waals surface area contributed by atoms with E-state index in [1.54, 1.807) is 12.1 Å². The summed E-state index contributed by atoms with van der Waals surface area (Å²) in [5.41, 5.74) is 1.88. The average Bonchev–Trinajstić information content (AvgIpc) is 2.95. The summed E-state index contributed by atoms with van der Waals surface area (Å²) in [6, 6.07) is 3.31. The van der Waals surface area contributed by atoms with Crippen molar-refractivity contribution >= 4 is 11.6 Å². The number of aliphatic hydroxyl groups excluding tert-OH is 1. The molecule has 7 nitrogen and oxygen atoms in total. The third-order valence-corrected chi connectivity index (χ3v) is 2.65. The largest absolute Gasteiger partial charge is 0.475 e. The van der Waals surface area contributed by atoms with Gasteiger partial charge in [-0.3, -0.25) is 9.89 Å². The molecule has 0 aliphatic heterocycles. The lowest BCUT2D eigenvalue weighted by molar-refractivity contribution is 0.102. The van der Waals surface area contributed by atoms with Gasteiger partial charge in [0, 0.05) is 11.8 Å². The molecular formula is C13H16N4O3. The molecule has 0 aliphatic carbocycles. The van der Waals surface area contributed by atoms with Crippen LogP contribution in [0.4, 0.5) is 5.69 Å². The third-order valence-electron chi connectivity index (χ3n) is 2.65. The summed E-state index contributed by atoms with van der Waals surface area (Å²) in [6.07, 6.45) is 3.70. The normalized spacial score (nSPS) is 10.3. The third kappa shape index (κ3) is 3.33. The highest BCUT2D eigenvalue weighted by Gasteiger charge is 2.12. The second kappa shape index (κ2) is 6.67. The number of ether oxygens (including phenoxy) is 1. The number of pyridine rings is 1. The van der Waals surface area contributed by atoms with Gasteiger partial charge in [0.05, 0.1) is 30.3 Å². The molecule has 0 saturated heterocycles. The fraction of sp³-hybridized carbons (Fsp3) is 0.308. The Hall–Kier alpha value is -2.41. The van der Waals surface area contributed by atoms with Gasteiger partial charge in [-0.1, -0.05) is 6.92 Å². The number of H-pyrrole nitrogens is 1. The summed E-state index contributed by atoms with van der Waals surface area (Å²) < 4.78 is 5.14. The van der Waals surface area contributed by atoms with Gasteiger partial charge in [0.2, 0.25) is 5.88 Å². The first-order valence-corrected chi connectivity index (χ1v) is 6.28. The second-order valence-corrected chi connectivity index (χ2v) is 4.03. The predicted molar refractivity (Wildman–Crippen MR) is 72.7 cm³/mol. The van der Waals surface area contributed by atoms with Gasteiger partial charge in [0.25, 0.3) is 5.91 Å². The van der Waals surface area contributed by atoms with Crippen molar-refractivity contribution in [3.05, 3.63) is 35.8 Å². The molecule has 0 aromatic carbocycles. The van der Waals surface area contributed by atoms with E-state index in [1.165, 1.54) is 12.4 Å². The lowest BCUT2D eigenvalue weighted by Gasteiger charge is -2.06. The molecule has 1 amide bonds. The van der Waals surface area contributed by atoms with E-state index in [2.05, 4.69) is 20.5 Å². The Morgan fingerprint density at radius 2 is 2.30 bits per heavy atom. The molecule has 106 valence electrons. The van der Waals surface area contributed by atoms with E-state index in [0.29, 0.717) is 23.6 Å². The van der Waals surface area contributed by atoms with Crippen LogP contribution in [0.1, 0.15) is 23.0 Å². The van der Waals surface area contributed by atoms with Crippen LogP contribution >= 0.6 is 0 Å². The number of aromatic amines is 1. The number of nitrogens with zero attached hydrogens (tertiary/aromatic N) is 2. The van der Waals surface area contributed by atoms with Gasteiger partial charge >= 0.3 is 0 Å². The Morgan fingerprint density at radius 3 is 2.95 bits per heavy atom. The maximum Gasteiger partial charge on any atom is 0.259 e. The molecule has 2 aromatic heterocycles. The van der Waals surface area contributed by atoms with Crippen molar-refractivity contribution in [2.45, 2.75) is 13.3 Å². The van der Waals surface area contributed by atoms with Crippen LogP contribution in [0.15, 0.2) is 24.5 Å². The molecular weight excluding hydrogens is 260 g/mol. The summed E-state index contributed by atoms with van der Waals surface area (Å²) >= 11 is 0. The molecule has 2 aromatic rings. The average molecular weight is 276 g/mol. The van der Waals surface area contributed by atoms with Crippen LogP contribution in [-0.4, -0.2) is 39.4 Å². The molecule has 0 aliphatic rings. The van der Waals surface area contributed by atoms with Gasteiger partial charge in [-0.05, 0) is 12.5 Å². The fourth-order valence-corrected chi connectivity index (χ4v) is 1.67. The van der Waals surface area contributed by atoms with E-state index in [4.69, 9.17) is 9.84 Å². The van der Waals surface area contributed by atoms with E-state index < -0.39 is 0 Å². The predicted octanol–water partition coefficient (Wildman–Crippen LogP) is 0.990. The first-order valence-electron chi connectivity index (χ1n) is 6.28. The van der Waals surface area contributed by atoms with Crippen molar-refractivity contribution in [3.63, 3.8) is 0 Å². The summed E-state index contributed by atoms with van der Waals surface area (Å²) in [6.45, 7) is 2.06. The van der Waals surface area contributed by atoms with E-state index in [1.807, 2.05) is 6.92 Å². The number of rotatable bonds is 6. The summed E-state index contributed by atoms with van der Waals surface area (Å²) in [4.78, 5) is 16.1. The summed E-state index contributed by atoms with van der Waals surface area (Å²) in [5.74, 6) is 0.163. The minimum Gasteiger partial charge on any atom is -0.475 e. The lowest BCUT2D eigenvalue weighted by atomic mass is 10.2. The first-order chi connectivity index (χ1) is 9.74. The molecule has 2 heterocycles. The van der Waals surface area contributed by atoms with Crippen LogP contribution in [-0.2, 0) is 6.42 Å². The van der Waals surface area contributed by atoms with Gasteiger partial charge in [0.1, 0.15) is 6.61 Å². The monoisotopic (exact) mass is 276 g/mol. The van der Waals surface area contributed by atoms with E-state index in [9.17, 15) is 4.79 Å². The van der Waals surface area contributed by atoms with Crippen LogP contribution in [0.25, 0.3) is 0 Å². The smallest absolute Gasteiger partial charge is 0.259 e. The number of carbonyl (C=O) groups excluding carboxylic acids is 1. The number of aliphatic hydroxyl groups is 1. The fourth-order valence-electron chi connectivity index (χ4n) is 1.67. The van der Waals surface area contributed by atoms with Crippen LogP contribution in [0, 0.1) is 0 Å². The number of hydrogen-bond acceptors (Lipinski definition) is 5. The number of anilines is 1. The Kier molecular flexibility index (Phi) is 4.67. The number of nitrogens with one attached hydrogen (secondary N) is 2. The topological polar surface area (TPSA) is 100 Å². The molecule has 0 spiro atoms. The molecule has 0 radical (unpaired) electrons. The van der Waals surface area contributed by atoms with E-state index >= 15 is 0 Å². The van der Waals surface area contributed by atoms with Crippen molar-refractivity contribution in [2.24, 2.45) is 0 Å². The van der Waals surface area contributed by atoms with Crippen molar-refractivity contribution in [1.82, 2.24) is 15.2 Å². The Labute approximate surface area is 116 Å². The van der Waals surface area contributed by atoms with Crippen molar-refractivity contribution < 1.29 is 14.6 Å². The van der Waals surface area contributed by atoms with Gasteiger partial charge in [-0.25, -0.2) is 4.98 Å². The van der Waals surface area contributed by atoms with E-state index in [-0.39, 0.29) is 19.1 Å². The molecule has 0 fully saturated rings. The quantitative estimate of drug-likeness (QED) is 0.730. The zero-order valence-corrected chi connectivity index (χ0v) is 11.1. The van der Waals surface area contributed by atoms with Crippen LogP contribution in [0.2, 0.25) is 0 Å². The van der Waals surface area contributed by atoms with Gasteiger partial charge in [-0.15, -0.1) is 0 Å². The Balaban J connectivity index is 2.01. The Bertz CT molecular complexity index is 565. The maximum absolute atomic E-state index is 12.0. The summed E-state index contributed by atoms with van der Waals surface area (Å²) in [7, 11) is 0. The number of amides is 1. The molecule has 0 saturated carbocycles. The standard InChI is InChI=1S/C13H16N4O3/c1-2-11-10(8-15-17-11)13(19)16-9-3-4-12(14-7-9)20-6-5-18/h3-4,7-8,18H,2,5-6H2,1H3,(H,15,17)(H,16,19). The Morgan fingerprint density at radius 1 is 1.45 bits per heavy atom. The van der Waals surface area contributed by atoms with E-state index in [0.717, 1.165) is 5.69 Å². The van der Waals surface area contributed by atoms with Gasteiger partial charge in [0.15, 0.2) is 0 Å². The lowest BCUT2D eigenvalue weighted by Crippen LogP contribution is -2.13. The minimum atomic E-state index is -0.235. The second-order valence-electron chi connectivity index (χ2n) is 4.03. The SMILES string of the molecule is CCc1[nH]ncc1C(=O)Nc1ccc(OCCO)nc1. The zero-order chi connectivity index (χ0) is 14.4. The van der Waals surface area contributed by atoms with Crippen molar-refractivity contribution in [1.29, 1.82) is 0 Å². The molecule has 0 unspecified atom stereocenters. The number of aromatic nitrogens is 3. The van der Waals surface area contributed by atoms with Gasteiger partial charge in [-0.2, -0.15) is 5.10 Å². The van der Waals surface area contributed by atoms with Crippen molar-refractivity contribution in [2.75, 3.05) is 18.5 Å². The first kappa shape index (κ1) is 14.0. The highest BCUT2D eigenvalue weighted by atomic mass is 16.5.